The predicted molar refractivity (Wildman–Crippen MR) is 92.1 cm³/mol. The number of sulfonamides is 1. The van der Waals surface area contributed by atoms with E-state index >= 15 is 0 Å². The summed E-state index contributed by atoms with van der Waals surface area (Å²) in [7, 11) is 2.87. The van der Waals surface area contributed by atoms with E-state index in [0.29, 0.717) is 16.6 Å². The van der Waals surface area contributed by atoms with Crippen molar-refractivity contribution < 1.29 is 8.42 Å². The second-order valence-corrected chi connectivity index (χ2v) is 9.88. The van der Waals surface area contributed by atoms with Crippen molar-refractivity contribution in [2.75, 3.05) is 25.9 Å². The number of anilines is 1. The number of quaternary nitrogens is 1. The van der Waals surface area contributed by atoms with Crippen LogP contribution < -0.4 is 9.21 Å². The molecule has 1 rings (SSSR count). The molecule has 0 aliphatic heterocycles. The Balaban J connectivity index is 2.85. The van der Waals surface area contributed by atoms with E-state index in [1.54, 1.807) is 6.92 Å². The Hall–Kier alpha value is -1.07. The van der Waals surface area contributed by atoms with E-state index < -0.39 is 15.3 Å². The highest BCUT2D eigenvalue weighted by atomic mass is 32.2. The van der Waals surface area contributed by atoms with E-state index in [0.717, 1.165) is 5.69 Å². The summed E-state index contributed by atoms with van der Waals surface area (Å²) in [5.74, 6) is 0. The molecule has 4 nitrogen and oxygen atoms in total. The molecule has 0 saturated carbocycles. The molecule has 0 spiro atoms. The molecule has 0 saturated heterocycles. The molecular weight excluding hydrogens is 284 g/mol. The minimum absolute atomic E-state index is 0.0122. The molecule has 0 aliphatic carbocycles. The maximum absolute atomic E-state index is 12.3. The monoisotopic (exact) mass is 313 g/mol. The van der Waals surface area contributed by atoms with Crippen molar-refractivity contribution in [2.45, 2.75) is 39.4 Å². The van der Waals surface area contributed by atoms with Gasteiger partial charge in [-0.25, -0.2) is 8.42 Å². The number of nitrogens with zero attached hydrogens (tertiary/aromatic N) is 1. The standard InChI is InChI=1S/C16H29N2O2S/c1-13(12-16(2,3)4)21(19,20)17-14-8-10-15(11-9-14)18(5,6)7/h8-11,13,17H,12H2,1-7H3/q+1. The summed E-state index contributed by atoms with van der Waals surface area (Å²) in [6.07, 6.45) is 0.624. The highest BCUT2D eigenvalue weighted by Gasteiger charge is 2.26. The van der Waals surface area contributed by atoms with Crippen LogP contribution in [0.25, 0.3) is 0 Å². The van der Waals surface area contributed by atoms with Crippen LogP contribution in [0.5, 0.6) is 0 Å². The number of benzene rings is 1. The molecule has 0 aromatic heterocycles. The average Bonchev–Trinajstić information content (AvgIpc) is 2.25. The molecule has 0 heterocycles. The predicted octanol–water partition coefficient (Wildman–Crippen LogP) is 3.45. The van der Waals surface area contributed by atoms with Crippen molar-refractivity contribution in [3.05, 3.63) is 24.3 Å². The highest BCUT2D eigenvalue weighted by Crippen LogP contribution is 2.26. The highest BCUT2D eigenvalue weighted by molar-refractivity contribution is 7.93. The second kappa shape index (κ2) is 5.97. The van der Waals surface area contributed by atoms with E-state index in [1.165, 1.54) is 0 Å². The summed E-state index contributed by atoms with van der Waals surface area (Å²) in [6.45, 7) is 7.91. The van der Waals surface area contributed by atoms with Crippen LogP contribution >= 0.6 is 0 Å². The Morgan fingerprint density at radius 2 is 1.57 bits per heavy atom. The van der Waals surface area contributed by atoms with E-state index in [4.69, 9.17) is 0 Å². The molecule has 1 atom stereocenters. The fourth-order valence-corrected chi connectivity index (χ4v) is 3.60. The normalized spacial score (nSPS) is 14.8. The van der Waals surface area contributed by atoms with Gasteiger partial charge in [0.25, 0.3) is 0 Å². The molecular formula is C16H29N2O2S+. The molecule has 21 heavy (non-hydrogen) atoms. The van der Waals surface area contributed by atoms with Gasteiger partial charge in [0.15, 0.2) is 0 Å². The molecule has 0 amide bonds. The van der Waals surface area contributed by atoms with Crippen LogP contribution in [0.4, 0.5) is 11.4 Å². The van der Waals surface area contributed by atoms with E-state index in [9.17, 15) is 8.42 Å². The van der Waals surface area contributed by atoms with Crippen LogP contribution in [-0.2, 0) is 10.0 Å². The van der Waals surface area contributed by atoms with Gasteiger partial charge in [-0.1, -0.05) is 20.8 Å². The van der Waals surface area contributed by atoms with Crippen LogP contribution in [0.3, 0.4) is 0 Å². The lowest BCUT2D eigenvalue weighted by atomic mass is 9.91. The zero-order valence-electron chi connectivity index (χ0n) is 14.3. The first kappa shape index (κ1) is 18.0. The van der Waals surface area contributed by atoms with Gasteiger partial charge in [-0.2, -0.15) is 0 Å². The molecule has 0 radical (unpaired) electrons. The lowest BCUT2D eigenvalue weighted by Crippen LogP contribution is -2.34. The summed E-state index contributed by atoms with van der Waals surface area (Å²) in [5, 5.41) is -0.421. The Labute approximate surface area is 129 Å². The van der Waals surface area contributed by atoms with Gasteiger partial charge >= 0.3 is 0 Å². The van der Waals surface area contributed by atoms with Crippen LogP contribution in [0.1, 0.15) is 34.1 Å². The van der Waals surface area contributed by atoms with E-state index in [1.807, 2.05) is 24.3 Å². The topological polar surface area (TPSA) is 46.2 Å². The van der Waals surface area contributed by atoms with Crippen LogP contribution in [0.15, 0.2) is 24.3 Å². The van der Waals surface area contributed by atoms with Crippen molar-refractivity contribution in [3.63, 3.8) is 0 Å². The first-order chi connectivity index (χ1) is 9.31. The number of hydrogen-bond acceptors (Lipinski definition) is 2. The van der Waals surface area contributed by atoms with Crippen molar-refractivity contribution in [2.24, 2.45) is 5.41 Å². The maximum atomic E-state index is 12.3. The maximum Gasteiger partial charge on any atom is 0.235 e. The van der Waals surface area contributed by atoms with Crippen molar-refractivity contribution >= 4 is 21.4 Å². The third-order valence-corrected chi connectivity index (χ3v) is 5.08. The van der Waals surface area contributed by atoms with Crippen LogP contribution in [-0.4, -0.2) is 34.8 Å². The molecule has 0 bridgehead atoms. The Bertz CT molecular complexity index is 564. The summed E-state index contributed by atoms with van der Waals surface area (Å²) in [5.41, 5.74) is 1.73. The largest absolute Gasteiger partial charge is 0.298 e. The second-order valence-electron chi connectivity index (χ2n) is 7.78. The third kappa shape index (κ3) is 5.67. The quantitative estimate of drug-likeness (QED) is 0.846. The van der Waals surface area contributed by atoms with Crippen LogP contribution in [0, 0.1) is 5.41 Å². The molecule has 0 aliphatic rings. The fraction of sp³-hybridized carbons (Fsp3) is 0.625. The zero-order valence-corrected chi connectivity index (χ0v) is 15.1. The molecule has 0 fully saturated rings. The van der Waals surface area contributed by atoms with Crippen LogP contribution in [0.2, 0.25) is 0 Å². The Kier molecular flexibility index (Phi) is 5.11. The van der Waals surface area contributed by atoms with Gasteiger partial charge in [0.2, 0.25) is 10.0 Å². The first-order valence-electron chi connectivity index (χ1n) is 7.25. The van der Waals surface area contributed by atoms with Crippen molar-refractivity contribution in [3.8, 4) is 0 Å². The van der Waals surface area contributed by atoms with Crippen molar-refractivity contribution in [1.82, 2.24) is 4.48 Å². The van der Waals surface area contributed by atoms with E-state index in [-0.39, 0.29) is 5.41 Å². The summed E-state index contributed by atoms with van der Waals surface area (Å²) >= 11 is 0. The van der Waals surface area contributed by atoms with Gasteiger partial charge in [0.1, 0.15) is 5.69 Å². The van der Waals surface area contributed by atoms with Gasteiger partial charge in [-0.3, -0.25) is 9.21 Å². The molecule has 1 N–H and O–H groups in total. The lowest BCUT2D eigenvalue weighted by molar-refractivity contribution is 0.372. The summed E-state index contributed by atoms with van der Waals surface area (Å²) < 4.78 is 28.1. The van der Waals surface area contributed by atoms with Gasteiger partial charge < -0.3 is 0 Å². The SMILES string of the molecule is CC(CC(C)(C)C)S(=O)(=O)Nc1ccc([N+](C)(C)C)cc1. The smallest absolute Gasteiger partial charge is 0.235 e. The summed E-state index contributed by atoms with van der Waals surface area (Å²) in [4.78, 5) is 0. The first-order valence-corrected chi connectivity index (χ1v) is 8.80. The minimum atomic E-state index is -3.35. The van der Waals surface area contributed by atoms with E-state index in [2.05, 4.69) is 46.6 Å². The summed E-state index contributed by atoms with van der Waals surface area (Å²) in [6, 6.07) is 7.54. The van der Waals surface area contributed by atoms with Gasteiger partial charge in [0.05, 0.1) is 26.4 Å². The van der Waals surface area contributed by atoms with Gasteiger partial charge in [-0.15, -0.1) is 0 Å². The Morgan fingerprint density at radius 1 is 1.10 bits per heavy atom. The minimum Gasteiger partial charge on any atom is -0.298 e. The van der Waals surface area contributed by atoms with Gasteiger partial charge in [0, 0.05) is 17.8 Å². The average molecular weight is 313 g/mol. The number of hydrogen-bond donors (Lipinski definition) is 1. The van der Waals surface area contributed by atoms with Gasteiger partial charge in [-0.05, 0) is 30.9 Å². The zero-order chi connectivity index (χ0) is 16.5. The third-order valence-electron chi connectivity index (χ3n) is 3.33. The Morgan fingerprint density at radius 3 is 1.95 bits per heavy atom. The molecule has 1 unspecified atom stereocenters. The molecule has 5 heteroatoms. The molecule has 120 valence electrons. The number of rotatable bonds is 5. The molecule has 1 aromatic carbocycles. The number of nitrogens with one attached hydrogen (secondary N) is 1. The van der Waals surface area contributed by atoms with Crippen molar-refractivity contribution in [1.29, 1.82) is 0 Å². The molecule has 1 aromatic rings. The lowest BCUT2D eigenvalue weighted by Gasteiger charge is -2.25. The fourth-order valence-electron chi connectivity index (χ4n) is 2.21.